The van der Waals surface area contributed by atoms with Crippen molar-refractivity contribution < 1.29 is 19.7 Å². The lowest BCUT2D eigenvalue weighted by atomic mass is 10.0. The van der Waals surface area contributed by atoms with E-state index in [4.69, 9.17) is 4.74 Å². The van der Waals surface area contributed by atoms with E-state index in [1.54, 1.807) is 24.3 Å². The maximum atomic E-state index is 12.4. The summed E-state index contributed by atoms with van der Waals surface area (Å²) in [5.74, 6) is -0.108. The maximum absolute atomic E-state index is 12.4. The number of amides is 1. The molecule has 0 aliphatic heterocycles. The summed E-state index contributed by atoms with van der Waals surface area (Å²) in [5.41, 5.74) is 4.43. The molecule has 6 nitrogen and oxygen atoms in total. The van der Waals surface area contributed by atoms with Gasteiger partial charge in [0.15, 0.2) is 0 Å². The number of hydrogen-bond acceptors (Lipinski definition) is 5. The standard InChI is InChI=1S/C22H20N2O4/c1-28-16-11-12-21(26)18(14-16)19(13-15-7-3-2-4-8-15)23-24-22(27)17-9-5-6-10-20(17)25/h2-12,14,25-26H,13H2,1H3,(H,24,27)/b23-19+. The third-order valence-corrected chi connectivity index (χ3v) is 4.17. The van der Waals surface area contributed by atoms with Gasteiger partial charge in [0.05, 0.1) is 18.4 Å². The molecular formula is C22H20N2O4. The van der Waals surface area contributed by atoms with Crippen LogP contribution in [0.1, 0.15) is 21.5 Å². The molecule has 0 unspecified atom stereocenters. The van der Waals surface area contributed by atoms with Gasteiger partial charge in [-0.1, -0.05) is 42.5 Å². The summed E-state index contributed by atoms with van der Waals surface area (Å²) in [6.07, 6.45) is 0.378. The van der Waals surface area contributed by atoms with Crippen LogP contribution in [-0.2, 0) is 6.42 Å². The molecule has 0 aromatic heterocycles. The van der Waals surface area contributed by atoms with Gasteiger partial charge in [-0.25, -0.2) is 5.43 Å². The number of rotatable bonds is 6. The van der Waals surface area contributed by atoms with E-state index < -0.39 is 5.91 Å². The second-order valence-corrected chi connectivity index (χ2v) is 6.06. The van der Waals surface area contributed by atoms with E-state index in [0.717, 1.165) is 5.56 Å². The highest BCUT2D eigenvalue weighted by atomic mass is 16.5. The molecule has 3 aromatic carbocycles. The summed E-state index contributed by atoms with van der Waals surface area (Å²) < 4.78 is 5.23. The van der Waals surface area contributed by atoms with E-state index in [1.165, 1.54) is 25.3 Å². The lowest BCUT2D eigenvalue weighted by Crippen LogP contribution is -2.21. The second kappa shape index (κ2) is 8.73. The summed E-state index contributed by atoms with van der Waals surface area (Å²) in [7, 11) is 1.53. The van der Waals surface area contributed by atoms with Crippen molar-refractivity contribution in [3.05, 3.63) is 89.5 Å². The Labute approximate surface area is 162 Å². The molecule has 0 spiro atoms. The molecule has 0 fully saturated rings. The lowest BCUT2D eigenvalue weighted by Gasteiger charge is -2.11. The Morgan fingerprint density at radius 2 is 1.61 bits per heavy atom. The number of benzene rings is 3. The van der Waals surface area contributed by atoms with Gasteiger partial charge in [0.1, 0.15) is 17.2 Å². The lowest BCUT2D eigenvalue weighted by molar-refractivity contribution is 0.0952. The first-order chi connectivity index (χ1) is 13.6. The van der Waals surface area contributed by atoms with Gasteiger partial charge in [-0.15, -0.1) is 0 Å². The normalized spacial score (nSPS) is 11.1. The van der Waals surface area contributed by atoms with Crippen LogP contribution in [0.25, 0.3) is 0 Å². The molecular weight excluding hydrogens is 356 g/mol. The molecule has 3 N–H and O–H groups in total. The van der Waals surface area contributed by atoms with Crippen molar-refractivity contribution in [2.24, 2.45) is 5.10 Å². The molecule has 0 saturated heterocycles. The van der Waals surface area contributed by atoms with E-state index in [9.17, 15) is 15.0 Å². The molecule has 0 heterocycles. The summed E-state index contributed by atoms with van der Waals surface area (Å²) in [4.78, 5) is 12.4. The number of carbonyl (C=O) groups is 1. The highest BCUT2D eigenvalue weighted by Crippen LogP contribution is 2.25. The van der Waals surface area contributed by atoms with Gasteiger partial charge in [0.25, 0.3) is 5.91 Å². The van der Waals surface area contributed by atoms with Crippen LogP contribution in [0.3, 0.4) is 0 Å². The summed E-state index contributed by atoms with van der Waals surface area (Å²) in [6, 6.07) is 20.6. The predicted molar refractivity (Wildman–Crippen MR) is 107 cm³/mol. The number of hydrazone groups is 1. The molecule has 0 atom stereocenters. The molecule has 142 valence electrons. The van der Waals surface area contributed by atoms with Crippen molar-refractivity contribution in [3.63, 3.8) is 0 Å². The van der Waals surface area contributed by atoms with Crippen molar-refractivity contribution in [1.82, 2.24) is 5.43 Å². The summed E-state index contributed by atoms with van der Waals surface area (Å²) in [5, 5.41) is 24.4. The van der Waals surface area contributed by atoms with Crippen molar-refractivity contribution in [2.45, 2.75) is 6.42 Å². The smallest absolute Gasteiger partial charge is 0.275 e. The second-order valence-electron chi connectivity index (χ2n) is 6.06. The fraction of sp³-hybridized carbons (Fsp3) is 0.0909. The Morgan fingerprint density at radius 3 is 2.32 bits per heavy atom. The van der Waals surface area contributed by atoms with Crippen molar-refractivity contribution in [2.75, 3.05) is 7.11 Å². The van der Waals surface area contributed by atoms with Crippen LogP contribution in [-0.4, -0.2) is 28.9 Å². The van der Waals surface area contributed by atoms with Gasteiger partial charge in [-0.3, -0.25) is 4.79 Å². The van der Waals surface area contributed by atoms with E-state index >= 15 is 0 Å². The number of phenols is 2. The molecule has 3 aromatic rings. The number of methoxy groups -OCH3 is 1. The van der Waals surface area contributed by atoms with E-state index in [1.807, 2.05) is 30.3 Å². The zero-order valence-corrected chi connectivity index (χ0v) is 15.3. The quantitative estimate of drug-likeness (QED) is 0.454. The molecule has 0 bridgehead atoms. The largest absolute Gasteiger partial charge is 0.507 e. The first kappa shape index (κ1) is 19.0. The van der Waals surface area contributed by atoms with E-state index in [0.29, 0.717) is 23.4 Å². The minimum Gasteiger partial charge on any atom is -0.507 e. The number of carbonyl (C=O) groups excluding carboxylic acids is 1. The monoisotopic (exact) mass is 376 g/mol. The zero-order chi connectivity index (χ0) is 19.9. The van der Waals surface area contributed by atoms with Crippen molar-refractivity contribution >= 4 is 11.6 Å². The van der Waals surface area contributed by atoms with Crippen molar-refractivity contribution in [1.29, 1.82) is 0 Å². The van der Waals surface area contributed by atoms with Crippen LogP contribution in [0.15, 0.2) is 77.9 Å². The van der Waals surface area contributed by atoms with Gasteiger partial charge < -0.3 is 14.9 Å². The molecule has 1 amide bonds. The Kier molecular flexibility index (Phi) is 5.91. The minimum atomic E-state index is -0.550. The third kappa shape index (κ3) is 4.48. The zero-order valence-electron chi connectivity index (χ0n) is 15.3. The van der Waals surface area contributed by atoms with Crippen LogP contribution in [0.5, 0.6) is 17.2 Å². The summed E-state index contributed by atoms with van der Waals surface area (Å²) >= 11 is 0. The number of phenolic OH excluding ortho intramolecular Hbond substituents is 2. The van der Waals surface area contributed by atoms with Crippen LogP contribution in [0, 0.1) is 0 Å². The van der Waals surface area contributed by atoms with E-state index in [2.05, 4.69) is 10.5 Å². The number of para-hydroxylation sites is 1. The average molecular weight is 376 g/mol. The SMILES string of the molecule is COc1ccc(O)c(/C(Cc2ccccc2)=N/NC(=O)c2ccccc2O)c1. The topological polar surface area (TPSA) is 91.2 Å². The number of nitrogens with one attached hydrogen (secondary N) is 1. The average Bonchev–Trinajstić information content (AvgIpc) is 2.72. The fourth-order valence-corrected chi connectivity index (χ4v) is 2.70. The Morgan fingerprint density at radius 1 is 0.929 bits per heavy atom. The van der Waals surface area contributed by atoms with Crippen LogP contribution in [0.2, 0.25) is 0 Å². The van der Waals surface area contributed by atoms with Crippen LogP contribution < -0.4 is 10.2 Å². The first-order valence-electron chi connectivity index (χ1n) is 8.64. The number of aromatic hydroxyl groups is 2. The fourth-order valence-electron chi connectivity index (χ4n) is 2.70. The predicted octanol–water partition coefficient (Wildman–Crippen LogP) is 3.48. The van der Waals surface area contributed by atoms with Gasteiger partial charge in [-0.05, 0) is 35.9 Å². The number of hydrogen-bond donors (Lipinski definition) is 3. The molecule has 0 radical (unpaired) electrons. The molecule has 6 heteroatoms. The van der Waals surface area contributed by atoms with Gasteiger partial charge in [-0.2, -0.15) is 5.10 Å². The highest BCUT2D eigenvalue weighted by molar-refractivity contribution is 6.05. The van der Waals surface area contributed by atoms with E-state index in [-0.39, 0.29) is 17.1 Å². The molecule has 0 saturated carbocycles. The van der Waals surface area contributed by atoms with Crippen LogP contribution in [0.4, 0.5) is 0 Å². The van der Waals surface area contributed by atoms with Crippen molar-refractivity contribution in [3.8, 4) is 17.2 Å². The van der Waals surface area contributed by atoms with Gasteiger partial charge in [0.2, 0.25) is 0 Å². The minimum absolute atomic E-state index is 0.0206. The summed E-state index contributed by atoms with van der Waals surface area (Å²) in [6.45, 7) is 0. The number of nitrogens with zero attached hydrogens (tertiary/aromatic N) is 1. The Balaban J connectivity index is 1.95. The first-order valence-corrected chi connectivity index (χ1v) is 8.64. The third-order valence-electron chi connectivity index (χ3n) is 4.17. The molecule has 3 rings (SSSR count). The maximum Gasteiger partial charge on any atom is 0.275 e. The molecule has 0 aliphatic rings. The van der Waals surface area contributed by atoms with Gasteiger partial charge >= 0.3 is 0 Å². The molecule has 28 heavy (non-hydrogen) atoms. The molecule has 0 aliphatic carbocycles. The Bertz CT molecular complexity index is 1000. The van der Waals surface area contributed by atoms with Gasteiger partial charge in [0, 0.05) is 12.0 Å². The highest BCUT2D eigenvalue weighted by Gasteiger charge is 2.14. The number of ether oxygens (including phenoxy) is 1. The Hall–Kier alpha value is -3.80. The van der Waals surface area contributed by atoms with Crippen LogP contribution >= 0.6 is 0 Å².